The van der Waals surface area contributed by atoms with Crippen molar-refractivity contribution < 1.29 is 9.47 Å². The van der Waals surface area contributed by atoms with Crippen molar-refractivity contribution in [2.45, 2.75) is 18.9 Å². The Bertz CT molecular complexity index is 668. The first-order valence-corrected chi connectivity index (χ1v) is 9.20. The van der Waals surface area contributed by atoms with Gasteiger partial charge in [0.25, 0.3) is 0 Å². The summed E-state index contributed by atoms with van der Waals surface area (Å²) < 4.78 is 11.8. The lowest BCUT2D eigenvalue weighted by Gasteiger charge is -2.34. The maximum absolute atomic E-state index is 6.06. The van der Waals surface area contributed by atoms with Gasteiger partial charge in [-0.05, 0) is 24.3 Å². The van der Waals surface area contributed by atoms with Crippen LogP contribution < -0.4 is 14.8 Å². The summed E-state index contributed by atoms with van der Waals surface area (Å²) in [6.07, 6.45) is 2.26. The summed E-state index contributed by atoms with van der Waals surface area (Å²) in [5.74, 6) is 2.77. The van der Waals surface area contributed by atoms with Gasteiger partial charge in [-0.3, -0.25) is 4.99 Å². The van der Waals surface area contributed by atoms with Crippen molar-refractivity contribution in [3.8, 4) is 11.5 Å². The molecule has 0 aromatic heterocycles. The van der Waals surface area contributed by atoms with E-state index in [1.54, 1.807) is 0 Å². The zero-order valence-electron chi connectivity index (χ0n) is 15.3. The maximum atomic E-state index is 6.06. The second-order valence-electron chi connectivity index (χ2n) is 6.25. The molecule has 1 aliphatic rings. The van der Waals surface area contributed by atoms with Gasteiger partial charge in [-0.15, -0.1) is 0 Å². The Morgan fingerprint density at radius 2 is 1.62 bits per heavy atom. The molecule has 0 saturated carbocycles. The van der Waals surface area contributed by atoms with Gasteiger partial charge >= 0.3 is 0 Å². The first-order chi connectivity index (χ1) is 12.8. The number of hydrogen-bond acceptors (Lipinski definition) is 3. The van der Waals surface area contributed by atoms with Gasteiger partial charge in [0, 0.05) is 33.0 Å². The molecule has 0 bridgehead atoms. The van der Waals surface area contributed by atoms with E-state index in [1.807, 2.05) is 67.7 Å². The maximum Gasteiger partial charge on any atom is 0.193 e. The van der Waals surface area contributed by atoms with Gasteiger partial charge in [0.2, 0.25) is 0 Å². The number of nitrogens with zero attached hydrogens (tertiary/aromatic N) is 2. The fourth-order valence-corrected chi connectivity index (χ4v) is 3.06. The predicted molar refractivity (Wildman–Crippen MR) is 105 cm³/mol. The van der Waals surface area contributed by atoms with Gasteiger partial charge in [0.05, 0.1) is 6.54 Å². The zero-order chi connectivity index (χ0) is 18.0. The quantitative estimate of drug-likeness (QED) is 0.492. The number of aliphatic imine (C=N–C) groups is 1. The van der Waals surface area contributed by atoms with Crippen molar-refractivity contribution in [2.75, 3.05) is 33.3 Å². The number of piperidine rings is 1. The normalized spacial score (nSPS) is 15.6. The minimum Gasteiger partial charge on any atom is -0.492 e. The van der Waals surface area contributed by atoms with Crippen LogP contribution in [0.1, 0.15) is 12.8 Å². The smallest absolute Gasteiger partial charge is 0.193 e. The van der Waals surface area contributed by atoms with Crippen LogP contribution in [-0.2, 0) is 0 Å². The van der Waals surface area contributed by atoms with Crippen molar-refractivity contribution in [3.63, 3.8) is 0 Å². The second kappa shape index (κ2) is 9.70. The SMILES string of the molecule is CN=C(NCCOc1ccccc1)N1CCC(Oc2ccccc2)CC1. The number of ether oxygens (including phenoxy) is 2. The van der Waals surface area contributed by atoms with Gasteiger partial charge in [-0.2, -0.15) is 0 Å². The Balaban J connectivity index is 1.38. The number of likely N-dealkylation sites (tertiary alicyclic amines) is 1. The van der Waals surface area contributed by atoms with E-state index >= 15 is 0 Å². The average molecular weight is 353 g/mol. The van der Waals surface area contributed by atoms with E-state index in [2.05, 4.69) is 15.2 Å². The number of nitrogens with one attached hydrogen (secondary N) is 1. The Morgan fingerprint density at radius 1 is 1.00 bits per heavy atom. The molecule has 3 rings (SSSR count). The Hall–Kier alpha value is -2.69. The fourth-order valence-electron chi connectivity index (χ4n) is 3.06. The number of hydrogen-bond donors (Lipinski definition) is 1. The predicted octanol–water partition coefficient (Wildman–Crippen LogP) is 3.18. The van der Waals surface area contributed by atoms with E-state index in [9.17, 15) is 0 Å². The van der Waals surface area contributed by atoms with Crippen LogP contribution in [0.2, 0.25) is 0 Å². The van der Waals surface area contributed by atoms with Gasteiger partial charge in [-0.25, -0.2) is 0 Å². The first kappa shape index (κ1) is 18.1. The molecule has 0 aliphatic carbocycles. The van der Waals surface area contributed by atoms with Gasteiger partial charge in [0.15, 0.2) is 5.96 Å². The van der Waals surface area contributed by atoms with Gasteiger partial charge in [0.1, 0.15) is 24.2 Å². The molecule has 5 nitrogen and oxygen atoms in total. The summed E-state index contributed by atoms with van der Waals surface area (Å²) in [5, 5.41) is 3.38. The van der Waals surface area contributed by atoms with Crippen LogP contribution in [0.4, 0.5) is 0 Å². The molecule has 0 spiro atoms. The van der Waals surface area contributed by atoms with Crippen LogP contribution in [0.25, 0.3) is 0 Å². The van der Waals surface area contributed by atoms with Crippen LogP contribution in [0.5, 0.6) is 11.5 Å². The second-order valence-corrected chi connectivity index (χ2v) is 6.25. The molecule has 1 saturated heterocycles. The van der Waals surface area contributed by atoms with Gasteiger partial charge in [-0.1, -0.05) is 36.4 Å². The van der Waals surface area contributed by atoms with Gasteiger partial charge < -0.3 is 19.7 Å². The molecule has 2 aromatic rings. The monoisotopic (exact) mass is 353 g/mol. The number of para-hydroxylation sites is 2. The molecule has 1 aliphatic heterocycles. The number of benzene rings is 2. The molecule has 0 unspecified atom stereocenters. The Kier molecular flexibility index (Phi) is 6.76. The van der Waals surface area contributed by atoms with Crippen LogP contribution in [0.15, 0.2) is 65.7 Å². The third-order valence-electron chi connectivity index (χ3n) is 4.40. The lowest BCUT2D eigenvalue weighted by Crippen LogP contribution is -2.48. The minimum absolute atomic E-state index is 0.271. The van der Waals surface area contributed by atoms with Crippen molar-refractivity contribution >= 4 is 5.96 Å². The molecule has 2 aromatic carbocycles. The average Bonchev–Trinajstić information content (AvgIpc) is 2.70. The van der Waals surface area contributed by atoms with Crippen LogP contribution in [0.3, 0.4) is 0 Å². The highest BCUT2D eigenvalue weighted by Crippen LogP contribution is 2.18. The fraction of sp³-hybridized carbons (Fsp3) is 0.381. The standard InChI is InChI=1S/C21H27N3O2/c1-22-21(23-14-17-25-18-8-4-2-5-9-18)24-15-12-20(13-16-24)26-19-10-6-3-7-11-19/h2-11,20H,12-17H2,1H3,(H,22,23). The molecule has 138 valence electrons. The lowest BCUT2D eigenvalue weighted by molar-refractivity contribution is 0.129. The lowest BCUT2D eigenvalue weighted by atomic mass is 10.1. The summed E-state index contributed by atoms with van der Waals surface area (Å²) in [5.41, 5.74) is 0. The summed E-state index contributed by atoms with van der Waals surface area (Å²) in [4.78, 5) is 6.69. The van der Waals surface area contributed by atoms with E-state index in [-0.39, 0.29) is 6.10 Å². The van der Waals surface area contributed by atoms with Crippen LogP contribution in [0, 0.1) is 0 Å². The van der Waals surface area contributed by atoms with Crippen LogP contribution >= 0.6 is 0 Å². The number of rotatable bonds is 6. The largest absolute Gasteiger partial charge is 0.492 e. The highest BCUT2D eigenvalue weighted by molar-refractivity contribution is 5.79. The molecule has 5 heteroatoms. The molecule has 1 heterocycles. The highest BCUT2D eigenvalue weighted by atomic mass is 16.5. The van der Waals surface area contributed by atoms with Crippen molar-refractivity contribution in [2.24, 2.45) is 4.99 Å². The van der Waals surface area contributed by atoms with Crippen molar-refractivity contribution in [1.82, 2.24) is 10.2 Å². The third-order valence-corrected chi connectivity index (χ3v) is 4.40. The molecule has 0 radical (unpaired) electrons. The van der Waals surface area contributed by atoms with E-state index in [0.717, 1.165) is 49.9 Å². The summed E-state index contributed by atoms with van der Waals surface area (Å²) in [6.45, 7) is 3.21. The Morgan fingerprint density at radius 3 is 2.23 bits per heavy atom. The minimum atomic E-state index is 0.271. The molecular weight excluding hydrogens is 326 g/mol. The highest BCUT2D eigenvalue weighted by Gasteiger charge is 2.22. The summed E-state index contributed by atoms with van der Waals surface area (Å²) >= 11 is 0. The molecule has 0 atom stereocenters. The zero-order valence-corrected chi connectivity index (χ0v) is 15.3. The Labute approximate surface area is 155 Å². The molecule has 0 amide bonds. The molecule has 26 heavy (non-hydrogen) atoms. The molecule has 1 N–H and O–H groups in total. The number of guanidine groups is 1. The summed E-state index contributed by atoms with van der Waals surface area (Å²) in [6, 6.07) is 19.9. The van der Waals surface area contributed by atoms with Crippen LogP contribution in [-0.4, -0.2) is 50.3 Å². The van der Waals surface area contributed by atoms with Crippen molar-refractivity contribution in [1.29, 1.82) is 0 Å². The van der Waals surface area contributed by atoms with E-state index < -0.39 is 0 Å². The van der Waals surface area contributed by atoms with Crippen molar-refractivity contribution in [3.05, 3.63) is 60.7 Å². The van der Waals surface area contributed by atoms with E-state index in [0.29, 0.717) is 6.61 Å². The topological polar surface area (TPSA) is 46.1 Å². The summed E-state index contributed by atoms with van der Waals surface area (Å²) in [7, 11) is 1.83. The molecule has 1 fully saturated rings. The third kappa shape index (κ3) is 5.41. The first-order valence-electron chi connectivity index (χ1n) is 9.20. The molecular formula is C21H27N3O2. The van der Waals surface area contributed by atoms with E-state index in [1.165, 1.54) is 0 Å². The van der Waals surface area contributed by atoms with E-state index in [4.69, 9.17) is 9.47 Å².